The second-order valence-electron chi connectivity index (χ2n) is 5.66. The number of carbonyl (C=O) groups is 1. The minimum Gasteiger partial charge on any atom is -0.391 e. The Morgan fingerprint density at radius 1 is 1.48 bits per heavy atom. The average molecular weight is 291 g/mol. The Labute approximate surface area is 126 Å². The van der Waals surface area contributed by atoms with E-state index >= 15 is 0 Å². The third kappa shape index (κ3) is 3.73. The molecule has 1 aliphatic carbocycles. The van der Waals surface area contributed by atoms with Crippen LogP contribution in [0.2, 0.25) is 0 Å². The first-order chi connectivity index (χ1) is 10.1. The molecule has 0 aliphatic heterocycles. The van der Waals surface area contributed by atoms with Crippen LogP contribution in [0.5, 0.6) is 0 Å². The van der Waals surface area contributed by atoms with Gasteiger partial charge in [0.15, 0.2) is 0 Å². The van der Waals surface area contributed by atoms with Crippen molar-refractivity contribution in [3.8, 4) is 0 Å². The number of carbonyl (C=O) groups excluding carboxylic acids is 1. The van der Waals surface area contributed by atoms with Gasteiger partial charge in [-0.3, -0.25) is 4.79 Å². The molecule has 116 valence electrons. The van der Waals surface area contributed by atoms with E-state index in [9.17, 15) is 9.90 Å². The molecule has 2 atom stereocenters. The number of pyridine rings is 1. The molecular formula is C16H25N3O2. The van der Waals surface area contributed by atoms with Crippen molar-refractivity contribution in [2.24, 2.45) is 0 Å². The van der Waals surface area contributed by atoms with Crippen LogP contribution in [-0.4, -0.2) is 46.6 Å². The summed E-state index contributed by atoms with van der Waals surface area (Å²) < 4.78 is 0. The number of aliphatic hydroxyl groups is 1. The maximum atomic E-state index is 12.7. The fraction of sp³-hybridized carbons (Fsp3) is 0.625. The predicted molar refractivity (Wildman–Crippen MR) is 83.4 cm³/mol. The van der Waals surface area contributed by atoms with Crippen molar-refractivity contribution in [2.75, 3.05) is 18.9 Å². The van der Waals surface area contributed by atoms with E-state index in [1.54, 1.807) is 30.3 Å². The first-order valence-electron chi connectivity index (χ1n) is 7.79. The maximum absolute atomic E-state index is 12.7. The number of anilines is 1. The molecule has 1 saturated carbocycles. The summed E-state index contributed by atoms with van der Waals surface area (Å²) in [6.07, 6.45) is 5.98. The summed E-state index contributed by atoms with van der Waals surface area (Å²) >= 11 is 0. The molecule has 1 heterocycles. The van der Waals surface area contributed by atoms with Gasteiger partial charge in [0.2, 0.25) is 0 Å². The van der Waals surface area contributed by atoms with Crippen molar-refractivity contribution < 1.29 is 9.90 Å². The zero-order chi connectivity index (χ0) is 15.2. The lowest BCUT2D eigenvalue weighted by molar-refractivity contribution is 0.0268. The minimum atomic E-state index is -0.420. The SMILES string of the molecule is CCCNc1ncccc1C(=O)N(C)C1CCCCC1O. The Kier molecular flexibility index (Phi) is 5.56. The number of nitrogens with zero attached hydrogens (tertiary/aromatic N) is 2. The summed E-state index contributed by atoms with van der Waals surface area (Å²) in [4.78, 5) is 18.6. The van der Waals surface area contributed by atoms with Gasteiger partial charge in [-0.1, -0.05) is 19.8 Å². The molecule has 21 heavy (non-hydrogen) atoms. The maximum Gasteiger partial charge on any atom is 0.257 e. The summed E-state index contributed by atoms with van der Waals surface area (Å²) in [7, 11) is 1.78. The van der Waals surface area contributed by atoms with Gasteiger partial charge in [0.25, 0.3) is 5.91 Å². The van der Waals surface area contributed by atoms with Crippen molar-refractivity contribution in [3.63, 3.8) is 0 Å². The summed E-state index contributed by atoms with van der Waals surface area (Å²) in [5.41, 5.74) is 0.575. The molecule has 0 aromatic carbocycles. The van der Waals surface area contributed by atoms with Gasteiger partial charge in [-0.15, -0.1) is 0 Å². The number of aliphatic hydroxyl groups excluding tert-OH is 1. The van der Waals surface area contributed by atoms with Crippen LogP contribution in [-0.2, 0) is 0 Å². The third-order valence-electron chi connectivity index (χ3n) is 4.09. The number of amides is 1. The Hall–Kier alpha value is -1.62. The van der Waals surface area contributed by atoms with Crippen molar-refractivity contribution in [1.82, 2.24) is 9.88 Å². The zero-order valence-electron chi connectivity index (χ0n) is 12.9. The highest BCUT2D eigenvalue weighted by Crippen LogP contribution is 2.24. The van der Waals surface area contributed by atoms with Gasteiger partial charge in [-0.25, -0.2) is 4.98 Å². The molecule has 1 aliphatic rings. The summed E-state index contributed by atoms with van der Waals surface area (Å²) in [6, 6.07) is 3.47. The number of hydrogen-bond donors (Lipinski definition) is 2. The topological polar surface area (TPSA) is 65.5 Å². The van der Waals surface area contributed by atoms with Crippen LogP contribution in [0.4, 0.5) is 5.82 Å². The van der Waals surface area contributed by atoms with Crippen LogP contribution in [0, 0.1) is 0 Å². The Balaban J connectivity index is 2.15. The highest BCUT2D eigenvalue weighted by atomic mass is 16.3. The number of likely N-dealkylation sites (N-methyl/N-ethyl adjacent to an activating group) is 1. The first kappa shape index (κ1) is 15.8. The first-order valence-corrected chi connectivity index (χ1v) is 7.79. The quantitative estimate of drug-likeness (QED) is 0.873. The molecular weight excluding hydrogens is 266 g/mol. The normalized spacial score (nSPS) is 21.9. The fourth-order valence-corrected chi connectivity index (χ4v) is 2.85. The number of hydrogen-bond acceptors (Lipinski definition) is 4. The lowest BCUT2D eigenvalue weighted by atomic mass is 9.91. The van der Waals surface area contributed by atoms with Crippen molar-refractivity contribution in [3.05, 3.63) is 23.9 Å². The van der Waals surface area contributed by atoms with E-state index in [1.165, 1.54) is 0 Å². The molecule has 2 unspecified atom stereocenters. The molecule has 0 bridgehead atoms. The zero-order valence-corrected chi connectivity index (χ0v) is 12.9. The van der Waals surface area contributed by atoms with Crippen molar-refractivity contribution >= 4 is 11.7 Å². The molecule has 1 aromatic rings. The summed E-state index contributed by atoms with van der Waals surface area (Å²) in [5.74, 6) is 0.550. The highest BCUT2D eigenvalue weighted by Gasteiger charge is 2.30. The van der Waals surface area contributed by atoms with E-state index in [-0.39, 0.29) is 11.9 Å². The second kappa shape index (κ2) is 7.41. The largest absolute Gasteiger partial charge is 0.391 e. The smallest absolute Gasteiger partial charge is 0.257 e. The molecule has 2 rings (SSSR count). The van der Waals surface area contributed by atoms with Gasteiger partial charge in [0, 0.05) is 19.8 Å². The lowest BCUT2D eigenvalue weighted by Crippen LogP contribution is -2.46. The van der Waals surface area contributed by atoms with Crippen LogP contribution in [0.1, 0.15) is 49.4 Å². The Morgan fingerprint density at radius 2 is 2.24 bits per heavy atom. The predicted octanol–water partition coefficient (Wildman–Crippen LogP) is 2.28. The third-order valence-corrected chi connectivity index (χ3v) is 4.09. The standard InChI is InChI=1S/C16H25N3O2/c1-3-10-17-15-12(7-6-11-18-15)16(21)19(2)13-8-4-5-9-14(13)20/h6-7,11,13-14,20H,3-5,8-10H2,1-2H3,(H,17,18). The molecule has 0 radical (unpaired) electrons. The lowest BCUT2D eigenvalue weighted by Gasteiger charge is -2.35. The summed E-state index contributed by atoms with van der Waals surface area (Å²) in [5, 5.41) is 13.3. The molecule has 1 fully saturated rings. The summed E-state index contributed by atoms with van der Waals surface area (Å²) in [6.45, 7) is 2.86. The number of rotatable bonds is 5. The molecule has 2 N–H and O–H groups in total. The molecule has 1 amide bonds. The molecule has 5 nitrogen and oxygen atoms in total. The second-order valence-corrected chi connectivity index (χ2v) is 5.66. The van der Waals surface area contributed by atoms with E-state index in [0.29, 0.717) is 11.4 Å². The van der Waals surface area contributed by atoms with E-state index in [1.807, 2.05) is 0 Å². The van der Waals surface area contributed by atoms with Crippen molar-refractivity contribution in [1.29, 1.82) is 0 Å². The van der Waals surface area contributed by atoms with Crippen molar-refractivity contribution in [2.45, 2.75) is 51.2 Å². The minimum absolute atomic E-state index is 0.0762. The monoisotopic (exact) mass is 291 g/mol. The van der Waals surface area contributed by atoms with E-state index < -0.39 is 6.10 Å². The van der Waals surface area contributed by atoms with Gasteiger partial charge in [0.1, 0.15) is 5.82 Å². The van der Waals surface area contributed by atoms with E-state index in [2.05, 4.69) is 17.2 Å². The van der Waals surface area contributed by atoms with Crippen LogP contribution < -0.4 is 5.32 Å². The molecule has 0 saturated heterocycles. The van der Waals surface area contributed by atoms with Crippen LogP contribution in [0.15, 0.2) is 18.3 Å². The molecule has 0 spiro atoms. The molecule has 5 heteroatoms. The average Bonchev–Trinajstić information content (AvgIpc) is 2.52. The van der Waals surface area contributed by atoms with Gasteiger partial charge >= 0.3 is 0 Å². The Bertz CT molecular complexity index is 478. The van der Waals surface area contributed by atoms with E-state index in [0.717, 1.165) is 38.6 Å². The van der Waals surface area contributed by atoms with E-state index in [4.69, 9.17) is 0 Å². The highest BCUT2D eigenvalue weighted by molar-refractivity contribution is 5.98. The number of nitrogens with one attached hydrogen (secondary N) is 1. The van der Waals surface area contributed by atoms with Crippen LogP contribution in [0.25, 0.3) is 0 Å². The Morgan fingerprint density at radius 3 is 2.95 bits per heavy atom. The van der Waals surface area contributed by atoms with Crippen LogP contribution >= 0.6 is 0 Å². The molecule has 1 aromatic heterocycles. The van der Waals surface area contributed by atoms with Gasteiger partial charge in [-0.05, 0) is 31.4 Å². The fourth-order valence-electron chi connectivity index (χ4n) is 2.85. The number of aromatic nitrogens is 1. The van der Waals surface area contributed by atoms with Crippen LogP contribution in [0.3, 0.4) is 0 Å². The van der Waals surface area contributed by atoms with Gasteiger partial charge < -0.3 is 15.3 Å². The van der Waals surface area contributed by atoms with Gasteiger partial charge in [0.05, 0.1) is 17.7 Å². The van der Waals surface area contributed by atoms with Gasteiger partial charge in [-0.2, -0.15) is 0 Å².